The Balaban J connectivity index is 3.62. The van der Waals surface area contributed by atoms with Crippen LogP contribution in [-0.4, -0.2) is 58.3 Å². The first kappa shape index (κ1) is 17.6. The normalized spacial score (nSPS) is 16.1. The van der Waals surface area contributed by atoms with Crippen LogP contribution in [0, 0.1) is 5.92 Å². The molecule has 0 saturated carbocycles. The summed E-state index contributed by atoms with van der Waals surface area (Å²) in [6.07, 6.45) is -1.27. The average molecular weight is 282 g/mol. The molecule has 0 heterocycles. The predicted octanol–water partition coefficient (Wildman–Crippen LogP) is -1.58. The van der Waals surface area contributed by atoms with Gasteiger partial charge in [0.05, 0.1) is 12.5 Å². The second-order valence-corrected chi connectivity index (χ2v) is 5.06. The van der Waals surface area contributed by atoms with E-state index in [0.717, 1.165) is 0 Å². The molecule has 0 saturated heterocycles. The van der Waals surface area contributed by atoms with E-state index in [-0.39, 0.29) is 12.5 Å². The van der Waals surface area contributed by atoms with Crippen LogP contribution >= 0.6 is 11.8 Å². The molecule has 0 aromatic carbocycles. The van der Waals surface area contributed by atoms with Crippen LogP contribution in [0.4, 0.5) is 0 Å². The Bertz CT molecular complexity index is 232. The molecule has 0 aromatic rings. The van der Waals surface area contributed by atoms with Crippen LogP contribution in [0.25, 0.3) is 0 Å². The number of nitrogens with two attached hydrogens (primary N) is 1. The number of aliphatic hydroxyl groups is 3. The molecule has 6 N–H and O–H groups in total. The highest BCUT2D eigenvalue weighted by Gasteiger charge is 2.16. The van der Waals surface area contributed by atoms with Gasteiger partial charge in [0.15, 0.2) is 0 Å². The number of carbonyl (C=O) groups excluding carboxylic acids is 1. The van der Waals surface area contributed by atoms with E-state index in [1.54, 1.807) is 6.92 Å². The van der Waals surface area contributed by atoms with Gasteiger partial charge in [0.1, 0.15) is 18.9 Å². The SMILES string of the molecule is CC(CSCCC(O)NN)C(=O)OCC(O)CO. The van der Waals surface area contributed by atoms with Crippen LogP contribution in [0.1, 0.15) is 13.3 Å². The maximum Gasteiger partial charge on any atom is 0.309 e. The van der Waals surface area contributed by atoms with E-state index in [2.05, 4.69) is 5.43 Å². The zero-order valence-electron chi connectivity index (χ0n) is 10.4. The summed E-state index contributed by atoms with van der Waals surface area (Å²) in [5.41, 5.74) is 2.21. The van der Waals surface area contributed by atoms with Crippen molar-refractivity contribution in [3.63, 3.8) is 0 Å². The van der Waals surface area contributed by atoms with Crippen molar-refractivity contribution in [2.24, 2.45) is 11.8 Å². The van der Waals surface area contributed by atoms with Crippen molar-refractivity contribution >= 4 is 17.7 Å². The molecule has 0 spiro atoms. The summed E-state index contributed by atoms with van der Waals surface area (Å²) in [5, 5.41) is 26.7. The van der Waals surface area contributed by atoms with Crippen molar-refractivity contribution in [3.05, 3.63) is 0 Å². The number of rotatable bonds is 10. The summed E-state index contributed by atoms with van der Waals surface area (Å²) in [6, 6.07) is 0. The van der Waals surface area contributed by atoms with Gasteiger partial charge in [-0.05, 0) is 12.2 Å². The van der Waals surface area contributed by atoms with Crippen LogP contribution in [-0.2, 0) is 9.53 Å². The lowest BCUT2D eigenvalue weighted by molar-refractivity contribution is -0.150. The van der Waals surface area contributed by atoms with Gasteiger partial charge in [0.25, 0.3) is 0 Å². The molecule has 0 fully saturated rings. The Morgan fingerprint density at radius 3 is 2.72 bits per heavy atom. The highest BCUT2D eigenvalue weighted by Crippen LogP contribution is 2.11. The first-order valence-electron chi connectivity index (χ1n) is 5.68. The Morgan fingerprint density at radius 2 is 2.17 bits per heavy atom. The molecule has 0 amide bonds. The smallest absolute Gasteiger partial charge is 0.309 e. The van der Waals surface area contributed by atoms with Gasteiger partial charge in [-0.15, -0.1) is 0 Å². The Kier molecular flexibility index (Phi) is 10.3. The van der Waals surface area contributed by atoms with Crippen LogP contribution in [0.3, 0.4) is 0 Å². The summed E-state index contributed by atoms with van der Waals surface area (Å²) in [7, 11) is 0. The second-order valence-electron chi connectivity index (χ2n) is 3.91. The van der Waals surface area contributed by atoms with Gasteiger partial charge in [-0.3, -0.25) is 10.6 Å². The third-order valence-electron chi connectivity index (χ3n) is 2.13. The number of thioether (sulfide) groups is 1. The Hall–Kier alpha value is -0.380. The quantitative estimate of drug-likeness (QED) is 0.107. The summed E-state index contributed by atoms with van der Waals surface area (Å²) < 4.78 is 4.81. The zero-order chi connectivity index (χ0) is 14.0. The van der Waals surface area contributed by atoms with Gasteiger partial charge in [0.2, 0.25) is 0 Å². The van der Waals surface area contributed by atoms with Crippen LogP contribution in [0.15, 0.2) is 0 Å². The fourth-order valence-electron chi connectivity index (χ4n) is 0.980. The molecule has 3 atom stereocenters. The molecular weight excluding hydrogens is 260 g/mol. The molecule has 0 bridgehead atoms. The maximum absolute atomic E-state index is 11.4. The van der Waals surface area contributed by atoms with Gasteiger partial charge < -0.3 is 20.1 Å². The molecule has 0 aromatic heterocycles. The molecule has 18 heavy (non-hydrogen) atoms. The van der Waals surface area contributed by atoms with E-state index in [4.69, 9.17) is 25.9 Å². The van der Waals surface area contributed by atoms with Crippen molar-refractivity contribution in [1.29, 1.82) is 0 Å². The van der Waals surface area contributed by atoms with Crippen LogP contribution < -0.4 is 11.3 Å². The maximum atomic E-state index is 11.4. The first-order chi connectivity index (χ1) is 8.51. The number of aliphatic hydroxyl groups excluding tert-OH is 3. The van der Waals surface area contributed by atoms with Crippen molar-refractivity contribution < 1.29 is 24.9 Å². The van der Waals surface area contributed by atoms with Crippen LogP contribution in [0.2, 0.25) is 0 Å². The van der Waals surface area contributed by atoms with Gasteiger partial charge in [0, 0.05) is 5.75 Å². The standard InChI is InChI=1S/C10H22N2O5S/c1-7(6-18-3-2-9(15)12-11)10(16)17-5-8(14)4-13/h7-9,12-15H,2-6,11H2,1H3. The molecule has 0 rings (SSSR count). The van der Waals surface area contributed by atoms with Gasteiger partial charge >= 0.3 is 5.97 Å². The summed E-state index contributed by atoms with van der Waals surface area (Å²) in [6.45, 7) is 1.10. The van der Waals surface area contributed by atoms with Crippen LogP contribution in [0.5, 0.6) is 0 Å². The zero-order valence-corrected chi connectivity index (χ0v) is 11.2. The summed E-state index contributed by atoms with van der Waals surface area (Å²) in [5.74, 6) is 5.53. The predicted molar refractivity (Wildman–Crippen MR) is 68.5 cm³/mol. The minimum absolute atomic E-state index is 0.194. The molecule has 0 aliphatic rings. The number of carbonyl (C=O) groups is 1. The molecule has 0 radical (unpaired) electrons. The highest BCUT2D eigenvalue weighted by molar-refractivity contribution is 7.99. The number of hydrogen-bond donors (Lipinski definition) is 5. The van der Waals surface area contributed by atoms with E-state index in [0.29, 0.717) is 17.9 Å². The number of ether oxygens (including phenoxy) is 1. The third-order valence-corrected chi connectivity index (χ3v) is 3.39. The third kappa shape index (κ3) is 8.67. The van der Waals surface area contributed by atoms with E-state index in [1.807, 2.05) is 0 Å². The van der Waals surface area contributed by atoms with E-state index in [1.165, 1.54) is 11.8 Å². The van der Waals surface area contributed by atoms with Crippen molar-refractivity contribution in [1.82, 2.24) is 5.43 Å². The first-order valence-corrected chi connectivity index (χ1v) is 6.84. The van der Waals surface area contributed by atoms with Crippen molar-refractivity contribution in [2.45, 2.75) is 25.7 Å². The molecule has 0 aliphatic heterocycles. The lowest BCUT2D eigenvalue weighted by Crippen LogP contribution is -2.35. The topological polar surface area (TPSA) is 125 Å². The Labute approximate surface area is 111 Å². The van der Waals surface area contributed by atoms with E-state index < -0.39 is 24.9 Å². The van der Waals surface area contributed by atoms with Gasteiger partial charge in [-0.25, -0.2) is 5.43 Å². The number of hydrazine groups is 1. The molecule has 7 nitrogen and oxygen atoms in total. The fourth-order valence-corrected chi connectivity index (χ4v) is 2.03. The number of hydrogen-bond acceptors (Lipinski definition) is 8. The molecular formula is C10H22N2O5S. The monoisotopic (exact) mass is 282 g/mol. The van der Waals surface area contributed by atoms with Gasteiger partial charge in [-0.2, -0.15) is 11.8 Å². The second kappa shape index (κ2) is 10.5. The number of esters is 1. The van der Waals surface area contributed by atoms with Crippen molar-refractivity contribution in [2.75, 3.05) is 24.7 Å². The highest BCUT2D eigenvalue weighted by atomic mass is 32.2. The minimum Gasteiger partial charge on any atom is -0.463 e. The molecule has 0 aliphatic carbocycles. The summed E-state index contributed by atoms with van der Waals surface area (Å²) >= 11 is 1.51. The van der Waals surface area contributed by atoms with E-state index >= 15 is 0 Å². The van der Waals surface area contributed by atoms with Gasteiger partial charge in [-0.1, -0.05) is 6.92 Å². The molecule has 8 heteroatoms. The largest absolute Gasteiger partial charge is 0.463 e. The van der Waals surface area contributed by atoms with E-state index in [9.17, 15) is 4.79 Å². The van der Waals surface area contributed by atoms with Crippen molar-refractivity contribution in [3.8, 4) is 0 Å². The molecule has 108 valence electrons. The number of nitrogens with one attached hydrogen (secondary N) is 1. The minimum atomic E-state index is -1.03. The lowest BCUT2D eigenvalue weighted by Gasteiger charge is -2.13. The fraction of sp³-hybridized carbons (Fsp3) is 0.900. The Morgan fingerprint density at radius 1 is 1.50 bits per heavy atom. The summed E-state index contributed by atoms with van der Waals surface area (Å²) in [4.78, 5) is 11.4. The lowest BCUT2D eigenvalue weighted by atomic mass is 10.2. The average Bonchev–Trinajstić information content (AvgIpc) is 2.39. The molecule has 3 unspecified atom stereocenters.